The Morgan fingerprint density at radius 2 is 1.68 bits per heavy atom. The van der Waals surface area contributed by atoms with Crippen LogP contribution in [-0.2, 0) is 24.3 Å². The summed E-state index contributed by atoms with van der Waals surface area (Å²) in [6, 6.07) is 8.44. The van der Waals surface area contributed by atoms with Crippen LogP contribution in [0.2, 0.25) is 5.02 Å². The molecule has 0 saturated carbocycles. The number of halogens is 1. The van der Waals surface area contributed by atoms with E-state index in [1.807, 2.05) is 0 Å². The number of esters is 1. The first kappa shape index (κ1) is 29.3. The molecule has 0 saturated heterocycles. The highest BCUT2D eigenvalue weighted by molar-refractivity contribution is 8.01. The second-order valence-electron chi connectivity index (χ2n) is 7.13. The molecule has 0 fully saturated rings. The fraction of sp³-hybridized carbons (Fsp3) is 0.273. The Morgan fingerprint density at radius 3 is 2.34 bits per heavy atom. The molecular weight excluding hydrogens is 580 g/mol. The normalized spacial score (nSPS) is 11.0. The van der Waals surface area contributed by atoms with Crippen LogP contribution in [0.4, 0.5) is 10.8 Å². The number of rotatable bonds is 12. The highest BCUT2D eigenvalue weighted by Gasteiger charge is 2.31. The van der Waals surface area contributed by atoms with Crippen molar-refractivity contribution in [1.82, 2.24) is 10.2 Å². The predicted octanol–water partition coefficient (Wildman–Crippen LogP) is 3.32. The average Bonchev–Trinajstić information content (AvgIpc) is 3.36. The summed E-state index contributed by atoms with van der Waals surface area (Å²) in [7, 11) is 1.08. The first-order valence-corrected chi connectivity index (χ1v) is 14.2. The highest BCUT2D eigenvalue weighted by atomic mass is 35.5. The fourth-order valence-electron chi connectivity index (χ4n) is 3.05. The van der Waals surface area contributed by atoms with Crippen molar-refractivity contribution in [2.75, 3.05) is 50.4 Å². The molecule has 0 bridgehead atoms. The molecule has 12 nitrogen and oxygen atoms in total. The van der Waals surface area contributed by atoms with Crippen molar-refractivity contribution in [2.24, 2.45) is 0 Å². The second kappa shape index (κ2) is 13.0. The van der Waals surface area contributed by atoms with Gasteiger partial charge in [0.25, 0.3) is 10.0 Å². The monoisotopic (exact) mass is 602 g/mol. The van der Waals surface area contributed by atoms with Gasteiger partial charge in [0.1, 0.15) is 12.3 Å². The molecule has 2 aromatic carbocycles. The van der Waals surface area contributed by atoms with Gasteiger partial charge in [-0.2, -0.15) is 0 Å². The van der Waals surface area contributed by atoms with Crippen LogP contribution in [0.15, 0.2) is 45.6 Å². The summed E-state index contributed by atoms with van der Waals surface area (Å²) in [5, 5.41) is 10.6. The van der Waals surface area contributed by atoms with Gasteiger partial charge in [0, 0.05) is 11.1 Å². The number of carbonyl (C=O) groups excluding carboxylic acids is 2. The van der Waals surface area contributed by atoms with Gasteiger partial charge in [-0.3, -0.25) is 19.2 Å². The molecule has 1 aromatic heterocycles. The van der Waals surface area contributed by atoms with Gasteiger partial charge in [0.05, 0.1) is 44.8 Å². The van der Waals surface area contributed by atoms with E-state index >= 15 is 0 Å². The van der Waals surface area contributed by atoms with Crippen LogP contribution < -0.4 is 23.8 Å². The van der Waals surface area contributed by atoms with E-state index in [1.165, 1.54) is 64.8 Å². The smallest absolute Gasteiger partial charge is 0.316 e. The van der Waals surface area contributed by atoms with Crippen LogP contribution in [-0.4, -0.2) is 71.2 Å². The fourth-order valence-corrected chi connectivity index (χ4v) is 6.26. The Morgan fingerprint density at radius 1 is 1.00 bits per heavy atom. The number of anilines is 2. The molecule has 0 radical (unpaired) electrons. The quantitative estimate of drug-likeness (QED) is 0.185. The molecule has 38 heavy (non-hydrogen) atoms. The summed E-state index contributed by atoms with van der Waals surface area (Å²) in [5.74, 6) is -0.455. The zero-order valence-electron chi connectivity index (χ0n) is 20.6. The zero-order valence-corrected chi connectivity index (χ0v) is 23.8. The molecule has 0 aliphatic heterocycles. The Balaban J connectivity index is 1.95. The Kier molecular flexibility index (Phi) is 10.0. The summed E-state index contributed by atoms with van der Waals surface area (Å²) in [6.07, 6.45) is 0. The van der Waals surface area contributed by atoms with Gasteiger partial charge in [-0.1, -0.05) is 34.7 Å². The maximum atomic E-state index is 13.8. The Bertz CT molecular complexity index is 1420. The standard InChI is InChI=1S/C22H23ClN4O8S3/c1-32-16-7-5-13(23)9-15(16)27(38(30,31)14-6-8-17(33-2)18(10-14)34-3)11-19(28)24-21-25-26-22(37-21)36-12-20(29)35-4/h5-10H,11-12H2,1-4H3,(H,24,25,28). The predicted molar refractivity (Wildman–Crippen MR) is 143 cm³/mol. The van der Waals surface area contributed by atoms with Crippen LogP contribution in [0.1, 0.15) is 0 Å². The largest absolute Gasteiger partial charge is 0.495 e. The maximum absolute atomic E-state index is 13.8. The number of hydrogen-bond acceptors (Lipinski definition) is 12. The lowest BCUT2D eigenvalue weighted by Gasteiger charge is -2.26. The first-order chi connectivity index (χ1) is 18.1. The van der Waals surface area contributed by atoms with E-state index in [0.29, 0.717) is 10.1 Å². The van der Waals surface area contributed by atoms with Crippen molar-refractivity contribution in [2.45, 2.75) is 9.24 Å². The number of hydrogen-bond donors (Lipinski definition) is 1. The van der Waals surface area contributed by atoms with Gasteiger partial charge in [-0.05, 0) is 30.3 Å². The van der Waals surface area contributed by atoms with Gasteiger partial charge >= 0.3 is 5.97 Å². The molecule has 1 heterocycles. The second-order valence-corrected chi connectivity index (χ2v) is 11.6. The molecule has 16 heteroatoms. The number of carbonyl (C=O) groups is 2. The lowest BCUT2D eigenvalue weighted by Crippen LogP contribution is -2.38. The zero-order chi connectivity index (χ0) is 27.9. The number of aromatic nitrogens is 2. The minimum Gasteiger partial charge on any atom is -0.495 e. The number of methoxy groups -OCH3 is 4. The average molecular weight is 603 g/mol. The summed E-state index contributed by atoms with van der Waals surface area (Å²) in [4.78, 5) is 24.2. The van der Waals surface area contributed by atoms with Crippen molar-refractivity contribution in [1.29, 1.82) is 0 Å². The minimum atomic E-state index is -4.35. The number of nitrogens with zero attached hydrogens (tertiary/aromatic N) is 3. The molecule has 1 amide bonds. The van der Waals surface area contributed by atoms with E-state index in [-0.39, 0.29) is 38.0 Å². The molecule has 0 atom stereocenters. The Hall–Kier alpha value is -3.27. The molecule has 0 aliphatic rings. The van der Waals surface area contributed by atoms with E-state index in [9.17, 15) is 18.0 Å². The van der Waals surface area contributed by atoms with E-state index in [2.05, 4.69) is 20.3 Å². The molecule has 3 aromatic rings. The van der Waals surface area contributed by atoms with E-state index in [0.717, 1.165) is 27.4 Å². The van der Waals surface area contributed by atoms with Gasteiger partial charge in [0.2, 0.25) is 11.0 Å². The molecule has 0 spiro atoms. The van der Waals surface area contributed by atoms with Gasteiger partial charge in [0.15, 0.2) is 15.8 Å². The van der Waals surface area contributed by atoms with Crippen LogP contribution >= 0.6 is 34.7 Å². The lowest BCUT2D eigenvalue weighted by molar-refractivity contribution is -0.137. The van der Waals surface area contributed by atoms with E-state index < -0.39 is 28.4 Å². The van der Waals surface area contributed by atoms with E-state index in [1.54, 1.807) is 0 Å². The van der Waals surface area contributed by atoms with Gasteiger partial charge < -0.3 is 18.9 Å². The van der Waals surface area contributed by atoms with E-state index in [4.69, 9.17) is 25.8 Å². The number of sulfonamides is 1. The van der Waals surface area contributed by atoms with Crippen molar-refractivity contribution in [3.8, 4) is 17.2 Å². The topological polar surface area (TPSA) is 146 Å². The maximum Gasteiger partial charge on any atom is 0.316 e. The molecule has 204 valence electrons. The van der Waals surface area contributed by atoms with Crippen molar-refractivity contribution in [3.63, 3.8) is 0 Å². The summed E-state index contributed by atoms with van der Waals surface area (Å²) >= 11 is 8.27. The summed E-state index contributed by atoms with van der Waals surface area (Å²) < 4.78 is 49.3. The van der Waals surface area contributed by atoms with Gasteiger partial charge in [-0.25, -0.2) is 8.42 Å². The number of ether oxygens (including phenoxy) is 4. The van der Waals surface area contributed by atoms with Crippen LogP contribution in [0.25, 0.3) is 0 Å². The third-order valence-corrected chi connectivity index (χ3v) is 8.77. The van der Waals surface area contributed by atoms with Crippen LogP contribution in [0.5, 0.6) is 17.2 Å². The SMILES string of the molecule is COC(=O)CSc1nnc(NC(=O)CN(c2cc(Cl)ccc2OC)S(=O)(=O)c2ccc(OC)c(OC)c2)s1. The molecule has 3 rings (SSSR count). The minimum absolute atomic E-state index is 0.0188. The third kappa shape index (κ3) is 6.98. The van der Waals surface area contributed by atoms with Gasteiger partial charge in [-0.15, -0.1) is 10.2 Å². The molecule has 1 N–H and O–H groups in total. The first-order valence-electron chi connectivity index (χ1n) is 10.5. The molecule has 0 unspecified atom stereocenters. The third-order valence-electron chi connectivity index (χ3n) is 4.83. The van der Waals surface area contributed by atoms with Crippen LogP contribution in [0, 0.1) is 0 Å². The number of thioether (sulfide) groups is 1. The molecule has 0 aliphatic carbocycles. The number of amides is 1. The number of benzene rings is 2. The van der Waals surface area contributed by atoms with Crippen molar-refractivity contribution < 1.29 is 37.0 Å². The highest BCUT2D eigenvalue weighted by Crippen LogP contribution is 2.37. The van der Waals surface area contributed by atoms with Crippen LogP contribution in [0.3, 0.4) is 0 Å². The van der Waals surface area contributed by atoms with Crippen molar-refractivity contribution >= 4 is 67.4 Å². The molecular formula is C22H23ClN4O8S3. The summed E-state index contributed by atoms with van der Waals surface area (Å²) in [5.41, 5.74) is 0.0384. The Labute approximate surface area is 232 Å². The lowest BCUT2D eigenvalue weighted by atomic mass is 10.3. The number of nitrogens with one attached hydrogen (secondary N) is 1. The summed E-state index contributed by atoms with van der Waals surface area (Å²) in [6.45, 7) is -0.655. The van der Waals surface area contributed by atoms with Crippen molar-refractivity contribution in [3.05, 3.63) is 41.4 Å².